The number of hydrogen-bond acceptors (Lipinski definition) is 7. The molecule has 79 heavy (non-hydrogen) atoms. The van der Waals surface area contributed by atoms with E-state index in [2.05, 4.69) is 111 Å². The molecule has 0 saturated heterocycles. The molecule has 10 heteroatoms. The van der Waals surface area contributed by atoms with Crippen LogP contribution in [0.2, 0.25) is 0 Å². The van der Waals surface area contributed by atoms with Gasteiger partial charge in [-0.15, -0.1) is 0 Å². The molecule has 0 aromatic heterocycles. The number of nitrogens with zero attached hydrogens (tertiary/aromatic N) is 1. The number of phosphoric acid groups is 1. The van der Waals surface area contributed by atoms with Crippen molar-refractivity contribution in [1.29, 1.82) is 0 Å². The van der Waals surface area contributed by atoms with E-state index in [1.807, 2.05) is 33.3 Å². The van der Waals surface area contributed by atoms with Gasteiger partial charge >= 0.3 is 5.97 Å². The molecule has 1 amide bonds. The number of phosphoric ester groups is 1. The molecule has 456 valence electrons. The fourth-order valence-electron chi connectivity index (χ4n) is 8.99. The number of amides is 1. The second-order valence-corrected chi connectivity index (χ2v) is 24.3. The summed E-state index contributed by atoms with van der Waals surface area (Å²) in [6, 6.07) is -0.899. The quantitative estimate of drug-likeness (QED) is 0.0212. The van der Waals surface area contributed by atoms with Crippen molar-refractivity contribution in [2.45, 2.75) is 290 Å². The number of allylic oxidation sites excluding steroid dienone is 15. The minimum absolute atomic E-state index is 0.0285. The first-order valence-corrected chi connectivity index (χ1v) is 34.0. The van der Waals surface area contributed by atoms with Crippen molar-refractivity contribution in [3.8, 4) is 0 Å². The molecule has 3 atom stereocenters. The van der Waals surface area contributed by atoms with Crippen LogP contribution in [0.5, 0.6) is 0 Å². The fourth-order valence-corrected chi connectivity index (χ4v) is 9.71. The predicted octanol–water partition coefficient (Wildman–Crippen LogP) is 19.7. The van der Waals surface area contributed by atoms with Crippen molar-refractivity contribution in [2.75, 3.05) is 40.9 Å². The summed E-state index contributed by atoms with van der Waals surface area (Å²) in [5.41, 5.74) is 0. The summed E-state index contributed by atoms with van der Waals surface area (Å²) in [5.74, 6) is -0.557. The first kappa shape index (κ1) is 75.9. The van der Waals surface area contributed by atoms with Crippen LogP contribution in [0.3, 0.4) is 0 Å². The Bertz CT molecular complexity index is 1670. The van der Waals surface area contributed by atoms with Gasteiger partial charge in [0.2, 0.25) is 5.91 Å². The molecule has 0 radical (unpaired) electrons. The van der Waals surface area contributed by atoms with Crippen LogP contribution >= 0.6 is 7.82 Å². The van der Waals surface area contributed by atoms with Crippen LogP contribution in [0, 0.1) is 0 Å². The highest BCUT2D eigenvalue weighted by Crippen LogP contribution is 2.38. The fraction of sp³-hybridized carbons (Fsp3) is 0.739. The maximum atomic E-state index is 13.5. The van der Waals surface area contributed by atoms with E-state index in [0.717, 1.165) is 122 Å². The number of nitrogens with one attached hydrogen (secondary N) is 1. The second-order valence-electron chi connectivity index (χ2n) is 22.9. The summed E-state index contributed by atoms with van der Waals surface area (Å²) < 4.78 is 30.3. The van der Waals surface area contributed by atoms with E-state index >= 15 is 0 Å². The Morgan fingerprint density at radius 2 is 0.810 bits per heavy atom. The van der Waals surface area contributed by atoms with Gasteiger partial charge in [-0.2, -0.15) is 0 Å². The molecule has 1 N–H and O–H groups in total. The Hall–Kier alpha value is -3.07. The highest BCUT2D eigenvalue weighted by atomic mass is 31.2. The van der Waals surface area contributed by atoms with Gasteiger partial charge in [-0.3, -0.25) is 14.2 Å². The molecule has 0 aliphatic rings. The zero-order valence-electron chi connectivity index (χ0n) is 52.1. The molecular weight excluding hydrogens is 1000 g/mol. The number of likely N-dealkylation sites (N-methyl/N-ethyl adjacent to an activating group) is 1. The minimum atomic E-state index is -4.71. The number of quaternary nitrogens is 1. The number of hydrogen-bond donors (Lipinski definition) is 1. The SMILES string of the molecule is CC/C=C\C/C=C\C/C=C\C/C=C\C/C=C\C/C=C\CCCCCCCCCCC(=O)NC(COP(=O)([O-])OCC[N+](C)(C)C)C(/C=C\CCCCCCCCCCC)OC(=O)CCCCCCCCC/C=C\CCCCCC. The lowest BCUT2D eigenvalue weighted by atomic mass is 10.0. The summed E-state index contributed by atoms with van der Waals surface area (Å²) in [4.78, 5) is 40.0. The predicted molar refractivity (Wildman–Crippen MR) is 339 cm³/mol. The van der Waals surface area contributed by atoms with Crippen molar-refractivity contribution in [1.82, 2.24) is 5.32 Å². The summed E-state index contributed by atoms with van der Waals surface area (Å²) in [6.45, 7) is 6.70. The summed E-state index contributed by atoms with van der Waals surface area (Å²) in [5, 5.41) is 3.03. The lowest BCUT2D eigenvalue weighted by Gasteiger charge is -2.30. The van der Waals surface area contributed by atoms with Crippen molar-refractivity contribution >= 4 is 19.7 Å². The molecule has 0 aliphatic heterocycles. The largest absolute Gasteiger partial charge is 0.756 e. The lowest BCUT2D eigenvalue weighted by molar-refractivity contribution is -0.870. The molecule has 0 rings (SSSR count). The zero-order chi connectivity index (χ0) is 57.9. The van der Waals surface area contributed by atoms with Crippen LogP contribution < -0.4 is 10.2 Å². The molecule has 0 saturated carbocycles. The Labute approximate surface area is 488 Å². The minimum Gasteiger partial charge on any atom is -0.756 e. The lowest BCUT2D eigenvalue weighted by Crippen LogP contribution is -2.47. The molecule has 0 spiro atoms. The van der Waals surface area contributed by atoms with Crippen LogP contribution in [0.1, 0.15) is 278 Å². The average Bonchev–Trinajstić information content (AvgIpc) is 3.41. The first-order chi connectivity index (χ1) is 38.4. The van der Waals surface area contributed by atoms with Gasteiger partial charge in [0.25, 0.3) is 7.82 Å². The number of unbranched alkanes of at least 4 members (excludes halogenated alkanes) is 28. The average molecular weight is 1120 g/mol. The normalized spacial score (nSPS) is 14.3. The third-order valence-corrected chi connectivity index (χ3v) is 15.0. The van der Waals surface area contributed by atoms with E-state index in [0.29, 0.717) is 17.4 Å². The van der Waals surface area contributed by atoms with E-state index in [-0.39, 0.29) is 24.9 Å². The Morgan fingerprint density at radius 1 is 0.456 bits per heavy atom. The van der Waals surface area contributed by atoms with Gasteiger partial charge in [-0.1, -0.05) is 253 Å². The molecule has 0 bridgehead atoms. The number of carbonyl (C=O) groups is 2. The van der Waals surface area contributed by atoms with E-state index < -0.39 is 26.6 Å². The van der Waals surface area contributed by atoms with Crippen LogP contribution in [0.4, 0.5) is 0 Å². The maximum Gasteiger partial charge on any atom is 0.306 e. The van der Waals surface area contributed by atoms with E-state index in [9.17, 15) is 19.0 Å². The summed E-state index contributed by atoms with van der Waals surface area (Å²) in [6.07, 6.45) is 78.0. The topological polar surface area (TPSA) is 114 Å². The smallest absolute Gasteiger partial charge is 0.306 e. The summed E-state index contributed by atoms with van der Waals surface area (Å²) in [7, 11) is 1.17. The van der Waals surface area contributed by atoms with Crippen molar-refractivity contribution in [2.24, 2.45) is 0 Å². The van der Waals surface area contributed by atoms with Crippen LogP contribution in [-0.2, 0) is 27.9 Å². The molecule has 0 aromatic carbocycles. The van der Waals surface area contributed by atoms with Gasteiger partial charge in [0.15, 0.2) is 0 Å². The monoisotopic (exact) mass is 1120 g/mol. The number of ether oxygens (including phenoxy) is 1. The summed E-state index contributed by atoms with van der Waals surface area (Å²) >= 11 is 0. The Balaban J connectivity index is 5.10. The van der Waals surface area contributed by atoms with Gasteiger partial charge in [0, 0.05) is 12.8 Å². The second kappa shape index (κ2) is 58.1. The molecule has 0 fully saturated rings. The number of carbonyl (C=O) groups excluding carboxylic acids is 2. The van der Waals surface area contributed by atoms with Gasteiger partial charge in [-0.05, 0) is 109 Å². The first-order valence-electron chi connectivity index (χ1n) is 32.5. The highest BCUT2D eigenvalue weighted by molar-refractivity contribution is 7.45. The Kier molecular flexibility index (Phi) is 55.9. The van der Waals surface area contributed by atoms with Gasteiger partial charge in [0.1, 0.15) is 19.3 Å². The van der Waals surface area contributed by atoms with Crippen LogP contribution in [0.25, 0.3) is 0 Å². The molecule has 0 aliphatic carbocycles. The van der Waals surface area contributed by atoms with Gasteiger partial charge in [0.05, 0.1) is 33.8 Å². The van der Waals surface area contributed by atoms with Crippen molar-refractivity contribution < 1.29 is 37.3 Å². The standard InChI is InChI=1S/C69H123N2O7P/c1-7-10-13-16-19-22-25-27-29-30-31-32-33-34-35-36-37-38-39-40-42-43-46-49-52-55-58-61-68(72)70-66(65-77-79(74,75)76-64-63-71(4,5)6)67(60-57-54-51-48-45-24-21-18-15-12-9-3)78-69(73)62-59-56-53-50-47-44-41-28-26-23-20-17-14-11-8-2/h10,13,19,22-23,26-27,29,31-32,34-35,37-38,57,60,66-67H,7-9,11-12,14-18,20-21,24-25,28,30,33,36,39-56,58-59,61-65H2,1-6H3,(H-,70,72,74,75)/b13-10-,22-19-,26-23-,29-27-,32-31-,35-34-,38-37-,60-57-. The van der Waals surface area contributed by atoms with Gasteiger partial charge < -0.3 is 28.5 Å². The maximum absolute atomic E-state index is 13.5. The molecule has 3 unspecified atom stereocenters. The third kappa shape index (κ3) is 59.4. The number of esters is 1. The van der Waals surface area contributed by atoms with E-state index in [4.69, 9.17) is 13.8 Å². The molecule has 0 aromatic rings. The highest BCUT2D eigenvalue weighted by Gasteiger charge is 2.27. The van der Waals surface area contributed by atoms with Crippen LogP contribution in [-0.4, -0.2) is 69.4 Å². The Morgan fingerprint density at radius 3 is 1.24 bits per heavy atom. The van der Waals surface area contributed by atoms with Crippen LogP contribution in [0.15, 0.2) is 97.2 Å². The van der Waals surface area contributed by atoms with Crippen molar-refractivity contribution in [3.05, 3.63) is 97.2 Å². The number of rotatable bonds is 58. The van der Waals surface area contributed by atoms with Crippen molar-refractivity contribution in [3.63, 3.8) is 0 Å². The van der Waals surface area contributed by atoms with E-state index in [1.165, 1.54) is 122 Å². The zero-order valence-corrected chi connectivity index (χ0v) is 52.9. The van der Waals surface area contributed by atoms with E-state index in [1.54, 1.807) is 0 Å². The molecular formula is C69H123N2O7P. The molecule has 9 nitrogen and oxygen atoms in total. The third-order valence-electron chi connectivity index (χ3n) is 14.0. The van der Waals surface area contributed by atoms with Gasteiger partial charge in [-0.25, -0.2) is 0 Å². The molecule has 0 heterocycles.